The first kappa shape index (κ1) is 8.26. The summed E-state index contributed by atoms with van der Waals surface area (Å²) < 4.78 is 9.74. The minimum atomic E-state index is -0.396. The third-order valence-corrected chi connectivity index (χ3v) is 2.05. The van der Waals surface area contributed by atoms with Crippen molar-refractivity contribution in [2.24, 2.45) is 0 Å². The number of rotatable bonds is 2. The topological polar surface area (TPSA) is 38.8 Å². The first-order valence-electron chi connectivity index (χ1n) is 4.11. The van der Waals surface area contributed by atoms with Gasteiger partial charge in [-0.15, -0.1) is 0 Å². The predicted octanol–water partition coefficient (Wildman–Crippen LogP) is 1.30. The van der Waals surface area contributed by atoms with Crippen molar-refractivity contribution in [1.29, 1.82) is 0 Å². The average molecular weight is 178 g/mol. The van der Waals surface area contributed by atoms with Gasteiger partial charge in [-0.1, -0.05) is 30.3 Å². The fourth-order valence-corrected chi connectivity index (χ4v) is 1.30. The Morgan fingerprint density at radius 3 is 2.69 bits per heavy atom. The number of hydrogen-bond donors (Lipinski definition) is 0. The molecular formula is C10H10O3. The monoisotopic (exact) mass is 178 g/mol. The Hall–Kier alpha value is -1.35. The normalized spacial score (nSPS) is 25.3. The fraction of sp³-hybridized carbons (Fsp3) is 0.300. The molecule has 3 heteroatoms. The van der Waals surface area contributed by atoms with Gasteiger partial charge in [-0.25, -0.2) is 4.79 Å². The highest BCUT2D eigenvalue weighted by Crippen LogP contribution is 2.38. The summed E-state index contributed by atoms with van der Waals surface area (Å²) in [6, 6.07) is 9.65. The number of benzene rings is 1. The van der Waals surface area contributed by atoms with E-state index in [1.807, 2.05) is 30.3 Å². The molecule has 0 unspecified atom stereocenters. The lowest BCUT2D eigenvalue weighted by molar-refractivity contribution is -0.142. The minimum absolute atomic E-state index is 0.103. The quantitative estimate of drug-likeness (QED) is 0.506. The Bertz CT molecular complexity index is 307. The first-order chi connectivity index (χ1) is 6.33. The second kappa shape index (κ2) is 3.18. The van der Waals surface area contributed by atoms with Crippen molar-refractivity contribution in [1.82, 2.24) is 0 Å². The lowest BCUT2D eigenvalue weighted by Gasteiger charge is -1.93. The van der Waals surface area contributed by atoms with E-state index in [9.17, 15) is 4.79 Å². The molecule has 0 aliphatic carbocycles. The molecule has 1 aromatic rings. The van der Waals surface area contributed by atoms with Gasteiger partial charge in [0.25, 0.3) is 0 Å². The summed E-state index contributed by atoms with van der Waals surface area (Å²) in [7, 11) is 1.37. The molecule has 0 aromatic heterocycles. The summed E-state index contributed by atoms with van der Waals surface area (Å²) in [5, 5.41) is 0. The molecule has 0 radical (unpaired) electrons. The van der Waals surface area contributed by atoms with Gasteiger partial charge in [0, 0.05) is 0 Å². The molecule has 13 heavy (non-hydrogen) atoms. The molecule has 1 saturated heterocycles. The van der Waals surface area contributed by atoms with Crippen LogP contribution >= 0.6 is 0 Å². The van der Waals surface area contributed by atoms with Crippen LogP contribution in [-0.4, -0.2) is 19.2 Å². The third kappa shape index (κ3) is 1.55. The zero-order valence-corrected chi connectivity index (χ0v) is 7.27. The zero-order chi connectivity index (χ0) is 9.26. The summed E-state index contributed by atoms with van der Waals surface area (Å²) in [5.74, 6) is -0.297. The van der Waals surface area contributed by atoms with Gasteiger partial charge in [0.2, 0.25) is 0 Å². The van der Waals surface area contributed by atoms with Gasteiger partial charge in [0.1, 0.15) is 6.10 Å². The van der Waals surface area contributed by atoms with Crippen molar-refractivity contribution >= 4 is 5.97 Å². The number of methoxy groups -OCH3 is 1. The van der Waals surface area contributed by atoms with Crippen molar-refractivity contribution in [3.63, 3.8) is 0 Å². The van der Waals surface area contributed by atoms with Gasteiger partial charge >= 0.3 is 5.97 Å². The van der Waals surface area contributed by atoms with Gasteiger partial charge in [-0.3, -0.25) is 0 Å². The van der Waals surface area contributed by atoms with E-state index in [2.05, 4.69) is 4.74 Å². The molecule has 3 nitrogen and oxygen atoms in total. The Labute approximate surface area is 76.3 Å². The number of carbonyl (C=O) groups is 1. The maximum Gasteiger partial charge on any atom is 0.338 e. The van der Waals surface area contributed by atoms with Crippen LogP contribution in [0.1, 0.15) is 11.7 Å². The molecule has 0 N–H and O–H groups in total. The molecule has 1 aliphatic heterocycles. The zero-order valence-electron chi connectivity index (χ0n) is 7.27. The molecule has 1 aliphatic rings. The molecular weight excluding hydrogens is 168 g/mol. The molecule has 1 heterocycles. The summed E-state index contributed by atoms with van der Waals surface area (Å²) in [6.45, 7) is 0. The largest absolute Gasteiger partial charge is 0.467 e. The van der Waals surface area contributed by atoms with E-state index in [-0.39, 0.29) is 12.1 Å². The molecule has 0 saturated carbocycles. The number of esters is 1. The maximum atomic E-state index is 11.0. The number of epoxide rings is 1. The molecule has 2 rings (SSSR count). The Morgan fingerprint density at radius 2 is 2.08 bits per heavy atom. The third-order valence-electron chi connectivity index (χ3n) is 2.05. The highest BCUT2D eigenvalue weighted by Gasteiger charge is 2.46. The summed E-state index contributed by atoms with van der Waals surface area (Å²) in [5.41, 5.74) is 1.03. The maximum absolute atomic E-state index is 11.0. The number of ether oxygens (including phenoxy) is 2. The van der Waals surface area contributed by atoms with E-state index in [4.69, 9.17) is 4.74 Å². The van der Waals surface area contributed by atoms with E-state index in [1.165, 1.54) is 7.11 Å². The molecule has 68 valence electrons. The van der Waals surface area contributed by atoms with Crippen LogP contribution < -0.4 is 0 Å². The van der Waals surface area contributed by atoms with Crippen LogP contribution in [0.4, 0.5) is 0 Å². The number of hydrogen-bond acceptors (Lipinski definition) is 3. The van der Waals surface area contributed by atoms with Crippen molar-refractivity contribution < 1.29 is 14.3 Å². The van der Waals surface area contributed by atoms with Gasteiger partial charge in [-0.05, 0) is 5.56 Å². The fourth-order valence-electron chi connectivity index (χ4n) is 1.30. The summed E-state index contributed by atoms with van der Waals surface area (Å²) >= 11 is 0. The molecule has 1 aromatic carbocycles. The van der Waals surface area contributed by atoms with E-state index >= 15 is 0 Å². The molecule has 0 spiro atoms. The van der Waals surface area contributed by atoms with Gasteiger partial charge in [0.05, 0.1) is 7.11 Å². The highest BCUT2D eigenvalue weighted by atomic mass is 16.6. The van der Waals surface area contributed by atoms with Gasteiger partial charge in [0.15, 0.2) is 6.10 Å². The smallest absolute Gasteiger partial charge is 0.338 e. The van der Waals surface area contributed by atoms with E-state index < -0.39 is 6.10 Å². The number of carbonyl (C=O) groups excluding carboxylic acids is 1. The predicted molar refractivity (Wildman–Crippen MR) is 46.1 cm³/mol. The average Bonchev–Trinajstić information content (AvgIpc) is 2.98. The van der Waals surface area contributed by atoms with Crippen LogP contribution in [0.25, 0.3) is 0 Å². The lowest BCUT2D eigenvalue weighted by atomic mass is 10.1. The Morgan fingerprint density at radius 1 is 1.38 bits per heavy atom. The van der Waals surface area contributed by atoms with Crippen molar-refractivity contribution in [2.45, 2.75) is 12.2 Å². The van der Waals surface area contributed by atoms with E-state index in [1.54, 1.807) is 0 Å². The van der Waals surface area contributed by atoms with Crippen molar-refractivity contribution in [2.75, 3.05) is 7.11 Å². The summed E-state index contributed by atoms with van der Waals surface area (Å²) in [4.78, 5) is 11.0. The first-order valence-corrected chi connectivity index (χ1v) is 4.11. The Kier molecular flexibility index (Phi) is 2.02. The van der Waals surface area contributed by atoms with Crippen LogP contribution in [0.5, 0.6) is 0 Å². The SMILES string of the molecule is COC(=O)[C@H]1O[C@H]1c1ccccc1. The molecule has 0 amide bonds. The van der Waals surface area contributed by atoms with Gasteiger partial charge < -0.3 is 9.47 Å². The van der Waals surface area contributed by atoms with Crippen LogP contribution in [0, 0.1) is 0 Å². The van der Waals surface area contributed by atoms with Crippen LogP contribution in [0.15, 0.2) is 30.3 Å². The standard InChI is InChI=1S/C10H10O3/c1-12-10(11)9-8(13-9)7-5-3-2-4-6-7/h2-6,8-9H,1H3/t8-,9-/m0/s1. The van der Waals surface area contributed by atoms with Crippen molar-refractivity contribution in [3.05, 3.63) is 35.9 Å². The van der Waals surface area contributed by atoms with Crippen molar-refractivity contribution in [3.8, 4) is 0 Å². The Balaban J connectivity index is 2.04. The molecule has 2 atom stereocenters. The van der Waals surface area contributed by atoms with Crippen LogP contribution in [-0.2, 0) is 14.3 Å². The van der Waals surface area contributed by atoms with Crippen LogP contribution in [0.3, 0.4) is 0 Å². The van der Waals surface area contributed by atoms with E-state index in [0.29, 0.717) is 0 Å². The van der Waals surface area contributed by atoms with Crippen LogP contribution in [0.2, 0.25) is 0 Å². The highest BCUT2D eigenvalue weighted by molar-refractivity contribution is 5.78. The molecule has 1 fully saturated rings. The van der Waals surface area contributed by atoms with Gasteiger partial charge in [-0.2, -0.15) is 0 Å². The van der Waals surface area contributed by atoms with E-state index in [0.717, 1.165) is 5.56 Å². The lowest BCUT2D eigenvalue weighted by Crippen LogP contribution is -2.09. The summed E-state index contributed by atoms with van der Waals surface area (Å²) in [6.07, 6.45) is -0.499. The second-order valence-electron chi connectivity index (χ2n) is 2.91. The minimum Gasteiger partial charge on any atom is -0.467 e. The molecule has 0 bridgehead atoms. The second-order valence-corrected chi connectivity index (χ2v) is 2.91.